The zero-order chi connectivity index (χ0) is 37.3. The van der Waals surface area contributed by atoms with Crippen molar-refractivity contribution in [1.29, 1.82) is 0 Å². The van der Waals surface area contributed by atoms with E-state index >= 15 is 0 Å². The summed E-state index contributed by atoms with van der Waals surface area (Å²) in [5, 5.41) is 5.69. The number of benzene rings is 2. The Morgan fingerprint density at radius 2 is 1.81 bits per heavy atom. The second-order valence-electron chi connectivity index (χ2n) is 13.7. The SMILES string of the molecule is C[C@H](NC(=O)OC(C)(C)C)C(=O)OCc1ccc(OC(F)F)c(Cn2c3cc(-c4cnc(N5CCN6C(=O)NC[C@@H]6C5)nc4)ccc3c(=O)n2C)c1. The molecule has 6 rings (SSSR count). The molecule has 0 unspecified atom stereocenters. The van der Waals surface area contributed by atoms with Gasteiger partial charge < -0.3 is 34.6 Å². The van der Waals surface area contributed by atoms with Crippen LogP contribution in [0, 0.1) is 0 Å². The zero-order valence-corrected chi connectivity index (χ0v) is 29.4. The van der Waals surface area contributed by atoms with Gasteiger partial charge >= 0.3 is 24.7 Å². The van der Waals surface area contributed by atoms with E-state index in [9.17, 15) is 28.0 Å². The minimum atomic E-state index is -3.11. The first-order chi connectivity index (χ1) is 24.7. The first-order valence-electron chi connectivity index (χ1n) is 16.7. The third kappa shape index (κ3) is 7.92. The molecule has 52 heavy (non-hydrogen) atoms. The molecule has 0 aliphatic carbocycles. The third-order valence-corrected chi connectivity index (χ3v) is 8.78. The Bertz CT molecular complexity index is 2040. The van der Waals surface area contributed by atoms with Crippen LogP contribution in [0.3, 0.4) is 0 Å². The third-order valence-electron chi connectivity index (χ3n) is 8.78. The van der Waals surface area contributed by atoms with Crippen molar-refractivity contribution < 1.29 is 37.4 Å². The van der Waals surface area contributed by atoms with Gasteiger partial charge in [-0.15, -0.1) is 0 Å². The van der Waals surface area contributed by atoms with Crippen molar-refractivity contribution in [2.24, 2.45) is 7.05 Å². The fraction of sp³-hybridized carbons (Fsp3) is 0.429. The van der Waals surface area contributed by atoms with Crippen LogP contribution in [0.1, 0.15) is 38.8 Å². The summed E-state index contributed by atoms with van der Waals surface area (Å²) in [6.45, 7) is 5.53. The molecule has 2 aliphatic rings. The van der Waals surface area contributed by atoms with Crippen molar-refractivity contribution in [2.45, 2.75) is 65.1 Å². The molecular weight excluding hydrogens is 682 g/mol. The maximum atomic E-state index is 13.5. The predicted molar refractivity (Wildman–Crippen MR) is 185 cm³/mol. The molecule has 0 saturated carbocycles. The highest BCUT2D eigenvalue weighted by molar-refractivity contribution is 5.84. The van der Waals surface area contributed by atoms with E-state index in [2.05, 4.69) is 20.6 Å². The number of hydrogen-bond donors (Lipinski definition) is 2. The van der Waals surface area contributed by atoms with E-state index in [1.165, 1.54) is 23.7 Å². The van der Waals surface area contributed by atoms with E-state index in [0.29, 0.717) is 59.7 Å². The number of aromatic nitrogens is 4. The van der Waals surface area contributed by atoms with Crippen molar-refractivity contribution in [3.05, 3.63) is 70.3 Å². The van der Waals surface area contributed by atoms with Crippen molar-refractivity contribution in [1.82, 2.24) is 34.9 Å². The molecule has 3 amide bonds. The number of nitrogens with zero attached hydrogens (tertiary/aromatic N) is 6. The summed E-state index contributed by atoms with van der Waals surface area (Å²) in [4.78, 5) is 63.0. The number of carbonyl (C=O) groups is 3. The molecule has 2 N–H and O–H groups in total. The second kappa shape index (κ2) is 14.5. The van der Waals surface area contributed by atoms with Gasteiger partial charge in [-0.3, -0.25) is 14.2 Å². The molecule has 4 aromatic rings. The van der Waals surface area contributed by atoms with Crippen molar-refractivity contribution in [2.75, 3.05) is 31.1 Å². The number of carbonyl (C=O) groups excluding carboxylic acids is 3. The molecule has 2 aromatic carbocycles. The fourth-order valence-electron chi connectivity index (χ4n) is 6.20. The number of halogens is 2. The van der Waals surface area contributed by atoms with Gasteiger partial charge in [-0.2, -0.15) is 8.78 Å². The van der Waals surface area contributed by atoms with Gasteiger partial charge in [0.05, 0.1) is 23.5 Å². The second-order valence-corrected chi connectivity index (χ2v) is 13.7. The number of fused-ring (bicyclic) bond motifs is 2. The molecule has 15 nitrogen and oxygen atoms in total. The lowest BCUT2D eigenvalue weighted by Crippen LogP contribution is -2.52. The van der Waals surface area contributed by atoms with Gasteiger partial charge in [-0.25, -0.2) is 24.4 Å². The smallest absolute Gasteiger partial charge is 0.408 e. The Balaban J connectivity index is 1.21. The summed E-state index contributed by atoms with van der Waals surface area (Å²) in [6, 6.07) is 8.67. The standard InChI is InChI=1S/C35H40F2N8O7/c1-20(41-34(49)52-35(2,3)4)30(47)50-19-21-6-9-28(51-31(36)37)23(12-21)17-45-27-13-22(7-8-26(27)29(46)42(45)5)24-14-38-32(39-15-24)43-10-11-44-25(18-43)16-40-33(44)48/h6-9,12-15,20,25,31H,10-11,16-19H2,1-5H3,(H,40,48)(H,41,49)/t20-,25+/m0/s1. The van der Waals surface area contributed by atoms with Gasteiger partial charge in [-0.1, -0.05) is 12.1 Å². The number of alkyl carbamates (subject to hydrolysis) is 1. The van der Waals surface area contributed by atoms with Gasteiger partial charge in [-0.05, 0) is 63.1 Å². The average molecular weight is 723 g/mol. The lowest BCUT2D eigenvalue weighted by molar-refractivity contribution is -0.147. The van der Waals surface area contributed by atoms with Gasteiger partial charge in [0.2, 0.25) is 5.95 Å². The first-order valence-corrected chi connectivity index (χ1v) is 16.7. The fourth-order valence-corrected chi connectivity index (χ4v) is 6.20. The molecule has 0 radical (unpaired) electrons. The van der Waals surface area contributed by atoms with Crippen LogP contribution in [0.4, 0.5) is 24.3 Å². The number of hydrogen-bond acceptors (Lipinski definition) is 10. The van der Waals surface area contributed by atoms with Crippen molar-refractivity contribution >= 4 is 34.9 Å². The maximum absolute atomic E-state index is 13.5. The Labute approximate surface area is 297 Å². The van der Waals surface area contributed by atoms with Gasteiger partial charge in [0.15, 0.2) is 0 Å². The number of piperazine rings is 1. The highest BCUT2D eigenvalue weighted by Crippen LogP contribution is 2.28. The van der Waals surface area contributed by atoms with Gasteiger partial charge in [0.25, 0.3) is 5.56 Å². The predicted octanol–water partition coefficient (Wildman–Crippen LogP) is 3.62. The quantitative estimate of drug-likeness (QED) is 0.231. The Kier molecular flexibility index (Phi) is 10.0. The van der Waals surface area contributed by atoms with E-state index < -0.39 is 30.3 Å². The topological polar surface area (TPSA) is 162 Å². The number of nitrogens with one attached hydrogen (secondary N) is 2. The van der Waals surface area contributed by atoms with Crippen molar-refractivity contribution in [3.63, 3.8) is 0 Å². The average Bonchev–Trinajstić information content (AvgIpc) is 3.58. The van der Waals surface area contributed by atoms with E-state index in [4.69, 9.17) is 14.2 Å². The molecular formula is C35H40F2N8O7. The number of anilines is 1. The lowest BCUT2D eigenvalue weighted by atomic mass is 10.1. The van der Waals surface area contributed by atoms with Gasteiger partial charge in [0, 0.05) is 56.7 Å². The summed E-state index contributed by atoms with van der Waals surface area (Å²) in [7, 11) is 1.57. The molecule has 2 atom stereocenters. The van der Waals surface area contributed by atoms with Crippen LogP contribution >= 0.6 is 0 Å². The number of rotatable bonds is 10. The summed E-state index contributed by atoms with van der Waals surface area (Å²) in [6.07, 6.45) is 2.62. The first kappa shape index (κ1) is 36.1. The van der Waals surface area contributed by atoms with Crippen LogP contribution in [0.25, 0.3) is 22.0 Å². The summed E-state index contributed by atoms with van der Waals surface area (Å²) >= 11 is 0. The Morgan fingerprint density at radius 1 is 1.06 bits per heavy atom. The number of esters is 1. The zero-order valence-electron chi connectivity index (χ0n) is 29.4. The number of urea groups is 1. The highest BCUT2D eigenvalue weighted by atomic mass is 19.3. The molecule has 0 spiro atoms. The van der Waals surface area contributed by atoms with Crippen LogP contribution < -0.4 is 25.8 Å². The molecule has 276 valence electrons. The highest BCUT2D eigenvalue weighted by Gasteiger charge is 2.36. The summed E-state index contributed by atoms with van der Waals surface area (Å²) < 4.78 is 45.3. The molecule has 2 aromatic heterocycles. The minimum absolute atomic E-state index is 0.0426. The Morgan fingerprint density at radius 3 is 2.52 bits per heavy atom. The van der Waals surface area contributed by atoms with E-state index in [-0.39, 0.29) is 36.5 Å². The van der Waals surface area contributed by atoms with Gasteiger partial charge in [0.1, 0.15) is 24.0 Å². The van der Waals surface area contributed by atoms with Crippen molar-refractivity contribution in [3.8, 4) is 16.9 Å². The minimum Gasteiger partial charge on any atom is -0.459 e. The molecule has 2 fully saturated rings. The summed E-state index contributed by atoms with van der Waals surface area (Å²) in [5.41, 5.74) is 1.69. The molecule has 2 aliphatic heterocycles. The van der Waals surface area contributed by atoms with Crippen LogP contribution in [0.15, 0.2) is 53.6 Å². The van der Waals surface area contributed by atoms with Crippen LogP contribution in [0.2, 0.25) is 0 Å². The molecule has 2 saturated heterocycles. The summed E-state index contributed by atoms with van der Waals surface area (Å²) in [5.74, 6) is -0.293. The lowest BCUT2D eigenvalue weighted by Gasteiger charge is -2.36. The monoisotopic (exact) mass is 722 g/mol. The largest absolute Gasteiger partial charge is 0.459 e. The Hall–Kier alpha value is -5.74. The molecule has 0 bridgehead atoms. The number of ether oxygens (including phenoxy) is 3. The van der Waals surface area contributed by atoms with Crippen LogP contribution in [-0.4, -0.2) is 92.8 Å². The van der Waals surface area contributed by atoms with E-state index in [1.54, 1.807) is 63.1 Å². The molecule has 17 heteroatoms. The molecule has 4 heterocycles. The van der Waals surface area contributed by atoms with Crippen LogP contribution in [-0.2, 0) is 34.5 Å². The van der Waals surface area contributed by atoms with Crippen LogP contribution in [0.5, 0.6) is 5.75 Å². The number of alkyl halides is 2. The normalized spacial score (nSPS) is 16.5. The number of amides is 3. The van der Waals surface area contributed by atoms with E-state index in [1.807, 2.05) is 15.9 Å². The maximum Gasteiger partial charge on any atom is 0.408 e. The van der Waals surface area contributed by atoms with E-state index in [0.717, 1.165) is 5.56 Å².